The summed E-state index contributed by atoms with van der Waals surface area (Å²) in [6.45, 7) is 2.98. The van der Waals surface area contributed by atoms with Crippen LogP contribution in [0.1, 0.15) is 44.6 Å². The molecule has 2 rings (SSSR count). The summed E-state index contributed by atoms with van der Waals surface area (Å²) in [5, 5.41) is 0.857. The highest BCUT2D eigenvalue weighted by Crippen LogP contribution is 2.34. The zero-order valence-electron chi connectivity index (χ0n) is 12.7. The van der Waals surface area contributed by atoms with Crippen molar-refractivity contribution in [2.45, 2.75) is 51.5 Å². The van der Waals surface area contributed by atoms with Gasteiger partial charge in [0.1, 0.15) is 0 Å². The van der Waals surface area contributed by atoms with Gasteiger partial charge in [0.25, 0.3) is 0 Å². The normalized spacial score (nSPS) is 22.8. The van der Waals surface area contributed by atoms with E-state index < -0.39 is 0 Å². The summed E-state index contributed by atoms with van der Waals surface area (Å²) >= 11 is 6.45. The Morgan fingerprint density at radius 3 is 2.50 bits per heavy atom. The first kappa shape index (κ1) is 15.7. The summed E-state index contributed by atoms with van der Waals surface area (Å²) in [6.07, 6.45) is 7.50. The first-order chi connectivity index (χ1) is 9.65. The Hall–Kier alpha value is -0.730. The molecule has 1 aliphatic carbocycles. The molecule has 20 heavy (non-hydrogen) atoms. The smallest absolute Gasteiger partial charge is 0.0642 e. The van der Waals surface area contributed by atoms with Crippen LogP contribution in [-0.2, 0) is 6.42 Å². The predicted octanol–water partition coefficient (Wildman–Crippen LogP) is 4.25. The van der Waals surface area contributed by atoms with Gasteiger partial charge in [0.2, 0.25) is 0 Å². The van der Waals surface area contributed by atoms with Crippen molar-refractivity contribution < 1.29 is 0 Å². The van der Waals surface area contributed by atoms with Gasteiger partial charge in [-0.3, -0.25) is 0 Å². The van der Waals surface area contributed by atoms with E-state index in [0.717, 1.165) is 23.0 Å². The third-order valence-corrected chi connectivity index (χ3v) is 5.07. The van der Waals surface area contributed by atoms with Crippen LogP contribution in [0.2, 0.25) is 5.02 Å². The van der Waals surface area contributed by atoms with E-state index >= 15 is 0 Å². The average Bonchev–Trinajstić information content (AvgIpc) is 2.47. The summed E-state index contributed by atoms with van der Waals surface area (Å²) in [4.78, 5) is 2.38. The molecule has 1 aromatic rings. The van der Waals surface area contributed by atoms with Crippen LogP contribution in [0.3, 0.4) is 0 Å². The monoisotopic (exact) mass is 294 g/mol. The van der Waals surface area contributed by atoms with E-state index in [1.54, 1.807) is 0 Å². The van der Waals surface area contributed by atoms with Crippen LogP contribution in [-0.4, -0.2) is 19.6 Å². The molecule has 0 heterocycles. The fraction of sp³-hybridized carbons (Fsp3) is 0.647. The molecule has 2 nitrogen and oxygen atoms in total. The largest absolute Gasteiger partial charge is 0.370 e. The van der Waals surface area contributed by atoms with Crippen molar-refractivity contribution in [3.8, 4) is 0 Å². The maximum Gasteiger partial charge on any atom is 0.0642 e. The highest BCUT2D eigenvalue weighted by atomic mass is 35.5. The third-order valence-electron chi connectivity index (χ3n) is 4.77. The first-order valence-electron chi connectivity index (χ1n) is 7.87. The molecule has 0 atom stereocenters. The molecule has 0 saturated heterocycles. The lowest BCUT2D eigenvalue weighted by atomic mass is 9.84. The maximum atomic E-state index is 6.45. The lowest BCUT2D eigenvalue weighted by Crippen LogP contribution is -2.35. The van der Waals surface area contributed by atoms with Gasteiger partial charge in [-0.25, -0.2) is 0 Å². The average molecular weight is 295 g/mol. The SMILES string of the molecule is CCC1CCC(N(C)c2ccc(CCN)cc2Cl)CC1. The topological polar surface area (TPSA) is 29.3 Å². The van der Waals surface area contributed by atoms with E-state index in [0.29, 0.717) is 12.6 Å². The van der Waals surface area contributed by atoms with Crippen LogP contribution in [0.15, 0.2) is 18.2 Å². The molecule has 0 unspecified atom stereocenters. The molecular weight excluding hydrogens is 268 g/mol. The minimum absolute atomic E-state index is 0.635. The predicted molar refractivity (Wildman–Crippen MR) is 88.7 cm³/mol. The maximum absolute atomic E-state index is 6.45. The molecule has 1 aromatic carbocycles. The van der Waals surface area contributed by atoms with Gasteiger partial charge in [-0.05, 0) is 62.3 Å². The minimum atomic E-state index is 0.635. The number of anilines is 1. The van der Waals surface area contributed by atoms with Gasteiger partial charge in [-0.2, -0.15) is 0 Å². The van der Waals surface area contributed by atoms with Gasteiger partial charge in [-0.15, -0.1) is 0 Å². The number of rotatable bonds is 5. The van der Waals surface area contributed by atoms with Crippen LogP contribution in [0.25, 0.3) is 0 Å². The number of benzene rings is 1. The highest BCUT2D eigenvalue weighted by molar-refractivity contribution is 6.33. The number of hydrogen-bond acceptors (Lipinski definition) is 2. The Morgan fingerprint density at radius 2 is 1.95 bits per heavy atom. The van der Waals surface area contributed by atoms with E-state index in [2.05, 4.69) is 37.1 Å². The molecular formula is C17H27ClN2. The second kappa shape index (κ2) is 7.33. The molecule has 2 N–H and O–H groups in total. The van der Waals surface area contributed by atoms with Crippen molar-refractivity contribution in [3.63, 3.8) is 0 Å². The van der Waals surface area contributed by atoms with E-state index in [1.807, 2.05) is 0 Å². The summed E-state index contributed by atoms with van der Waals surface area (Å²) in [6, 6.07) is 7.01. The Labute approximate surface area is 128 Å². The molecule has 0 amide bonds. The van der Waals surface area contributed by atoms with E-state index in [4.69, 9.17) is 17.3 Å². The van der Waals surface area contributed by atoms with Gasteiger partial charge >= 0.3 is 0 Å². The summed E-state index contributed by atoms with van der Waals surface area (Å²) in [7, 11) is 2.18. The fourth-order valence-electron chi connectivity index (χ4n) is 3.30. The second-order valence-corrected chi connectivity index (χ2v) is 6.43. The van der Waals surface area contributed by atoms with E-state index in [-0.39, 0.29) is 0 Å². The lowest BCUT2D eigenvalue weighted by molar-refractivity contribution is 0.313. The van der Waals surface area contributed by atoms with Crippen molar-refractivity contribution in [2.24, 2.45) is 11.7 Å². The molecule has 0 aliphatic heterocycles. The van der Waals surface area contributed by atoms with Gasteiger partial charge < -0.3 is 10.6 Å². The number of hydrogen-bond donors (Lipinski definition) is 1. The molecule has 0 radical (unpaired) electrons. The zero-order chi connectivity index (χ0) is 14.5. The molecule has 112 valence electrons. The van der Waals surface area contributed by atoms with Gasteiger partial charge in [0.15, 0.2) is 0 Å². The standard InChI is InChI=1S/C17H27ClN2/c1-3-13-4-7-15(8-5-13)20(2)17-9-6-14(10-11-19)12-16(17)18/h6,9,12-13,15H,3-5,7-8,10-11,19H2,1-2H3. The van der Waals surface area contributed by atoms with Crippen LogP contribution < -0.4 is 10.6 Å². The summed E-state index contributed by atoms with van der Waals surface area (Å²) in [5.41, 5.74) is 7.98. The first-order valence-corrected chi connectivity index (χ1v) is 8.24. The Morgan fingerprint density at radius 1 is 1.25 bits per heavy atom. The Bertz CT molecular complexity index is 425. The van der Waals surface area contributed by atoms with Crippen LogP contribution in [0.5, 0.6) is 0 Å². The van der Waals surface area contributed by atoms with Crippen molar-refractivity contribution in [3.05, 3.63) is 28.8 Å². The van der Waals surface area contributed by atoms with Crippen LogP contribution >= 0.6 is 11.6 Å². The van der Waals surface area contributed by atoms with Crippen molar-refractivity contribution in [1.82, 2.24) is 0 Å². The van der Waals surface area contributed by atoms with Crippen LogP contribution in [0.4, 0.5) is 5.69 Å². The molecule has 1 aliphatic rings. The van der Waals surface area contributed by atoms with Crippen molar-refractivity contribution >= 4 is 17.3 Å². The third kappa shape index (κ3) is 3.67. The quantitative estimate of drug-likeness (QED) is 0.880. The molecule has 3 heteroatoms. The lowest BCUT2D eigenvalue weighted by Gasteiger charge is -2.36. The minimum Gasteiger partial charge on any atom is -0.370 e. The van der Waals surface area contributed by atoms with Crippen LogP contribution in [0, 0.1) is 5.92 Å². The number of halogens is 1. The van der Waals surface area contributed by atoms with Crippen molar-refractivity contribution in [1.29, 1.82) is 0 Å². The number of nitrogens with zero attached hydrogens (tertiary/aromatic N) is 1. The summed E-state index contributed by atoms with van der Waals surface area (Å²) < 4.78 is 0. The Balaban J connectivity index is 2.03. The fourth-order valence-corrected chi connectivity index (χ4v) is 3.63. The van der Waals surface area contributed by atoms with E-state index in [1.165, 1.54) is 37.7 Å². The van der Waals surface area contributed by atoms with Gasteiger partial charge in [0, 0.05) is 13.1 Å². The van der Waals surface area contributed by atoms with Crippen molar-refractivity contribution in [2.75, 3.05) is 18.5 Å². The van der Waals surface area contributed by atoms with E-state index in [9.17, 15) is 0 Å². The van der Waals surface area contributed by atoms with Gasteiger partial charge in [0.05, 0.1) is 10.7 Å². The Kier molecular flexibility index (Phi) is 5.74. The number of nitrogens with two attached hydrogens (primary N) is 1. The zero-order valence-corrected chi connectivity index (χ0v) is 13.5. The van der Waals surface area contributed by atoms with Gasteiger partial charge in [-0.1, -0.05) is 31.0 Å². The molecule has 1 saturated carbocycles. The summed E-state index contributed by atoms with van der Waals surface area (Å²) in [5.74, 6) is 0.932. The second-order valence-electron chi connectivity index (χ2n) is 6.02. The molecule has 1 fully saturated rings. The molecule has 0 aromatic heterocycles. The molecule has 0 bridgehead atoms. The molecule has 0 spiro atoms. The highest BCUT2D eigenvalue weighted by Gasteiger charge is 2.24.